The molecule has 0 amide bonds. The lowest BCUT2D eigenvalue weighted by molar-refractivity contribution is 0.750. The Hall–Kier alpha value is -1.30. The van der Waals surface area contributed by atoms with Gasteiger partial charge in [0.15, 0.2) is 5.82 Å². The Morgan fingerprint density at radius 1 is 1.37 bits per heavy atom. The summed E-state index contributed by atoms with van der Waals surface area (Å²) in [5, 5.41) is 8.26. The van der Waals surface area contributed by atoms with Crippen LogP contribution >= 0.6 is 23.2 Å². The zero-order chi connectivity index (χ0) is 13.4. The molecule has 0 saturated carbocycles. The summed E-state index contributed by atoms with van der Waals surface area (Å²) in [4.78, 5) is 6.53. The molecule has 3 N–H and O–H groups in total. The minimum Gasteiger partial charge on any atom is -0.338 e. The molecule has 1 aliphatic rings. The summed E-state index contributed by atoms with van der Waals surface area (Å²) in [6.07, 6.45) is 0.964. The molecule has 19 heavy (non-hydrogen) atoms. The molecule has 0 aliphatic carbocycles. The van der Waals surface area contributed by atoms with Gasteiger partial charge in [-0.2, -0.15) is 4.98 Å². The van der Waals surface area contributed by atoms with E-state index in [4.69, 9.17) is 28.9 Å². The van der Waals surface area contributed by atoms with Gasteiger partial charge in [0.25, 0.3) is 0 Å². The highest BCUT2D eigenvalue weighted by Crippen LogP contribution is 2.29. The van der Waals surface area contributed by atoms with Crippen LogP contribution in [0.2, 0.25) is 10.0 Å². The van der Waals surface area contributed by atoms with Crippen LogP contribution in [-0.2, 0) is 0 Å². The lowest BCUT2D eigenvalue weighted by atomic mass is 10.2. The highest BCUT2D eigenvalue weighted by atomic mass is 35.5. The maximum Gasteiger partial charge on any atom is 0.245 e. The number of nitrogens with zero attached hydrogens (tertiary/aromatic N) is 3. The monoisotopic (exact) mass is 297 g/mol. The summed E-state index contributed by atoms with van der Waals surface area (Å²) in [5.41, 5.74) is 6.66. The van der Waals surface area contributed by atoms with Crippen LogP contribution in [0.3, 0.4) is 0 Å². The second-order valence-electron chi connectivity index (χ2n) is 4.60. The van der Waals surface area contributed by atoms with E-state index < -0.39 is 0 Å². The number of benzene rings is 1. The first kappa shape index (κ1) is 12.7. The molecule has 1 aromatic carbocycles. The van der Waals surface area contributed by atoms with Crippen molar-refractivity contribution >= 4 is 29.2 Å². The van der Waals surface area contributed by atoms with Crippen LogP contribution in [0.25, 0.3) is 11.4 Å². The van der Waals surface area contributed by atoms with Crippen molar-refractivity contribution in [3.05, 3.63) is 28.2 Å². The molecule has 1 atom stereocenters. The van der Waals surface area contributed by atoms with Crippen LogP contribution in [0, 0.1) is 0 Å². The summed E-state index contributed by atoms with van der Waals surface area (Å²) < 4.78 is 0. The molecule has 7 heteroatoms. The van der Waals surface area contributed by atoms with Crippen LogP contribution in [0.15, 0.2) is 18.2 Å². The fraction of sp³-hybridized carbons (Fsp3) is 0.333. The van der Waals surface area contributed by atoms with Crippen molar-refractivity contribution in [2.45, 2.75) is 12.5 Å². The molecule has 3 rings (SSSR count). The number of nitrogens with one attached hydrogen (secondary N) is 1. The van der Waals surface area contributed by atoms with Crippen molar-refractivity contribution in [3.63, 3.8) is 0 Å². The average molecular weight is 298 g/mol. The van der Waals surface area contributed by atoms with Gasteiger partial charge in [-0.3, -0.25) is 5.10 Å². The molecule has 0 bridgehead atoms. The molecule has 5 nitrogen and oxygen atoms in total. The van der Waals surface area contributed by atoms with Crippen molar-refractivity contribution < 1.29 is 0 Å². The van der Waals surface area contributed by atoms with E-state index in [0.29, 0.717) is 21.8 Å². The summed E-state index contributed by atoms with van der Waals surface area (Å²) in [6.45, 7) is 1.67. The van der Waals surface area contributed by atoms with Gasteiger partial charge in [-0.1, -0.05) is 23.2 Å². The van der Waals surface area contributed by atoms with Gasteiger partial charge in [-0.05, 0) is 24.6 Å². The summed E-state index contributed by atoms with van der Waals surface area (Å²) in [6, 6.07) is 5.48. The van der Waals surface area contributed by atoms with Crippen LogP contribution in [-0.4, -0.2) is 34.3 Å². The maximum atomic E-state index is 6.15. The topological polar surface area (TPSA) is 70.8 Å². The van der Waals surface area contributed by atoms with E-state index in [1.54, 1.807) is 12.1 Å². The van der Waals surface area contributed by atoms with E-state index in [-0.39, 0.29) is 6.04 Å². The second-order valence-corrected chi connectivity index (χ2v) is 5.45. The quantitative estimate of drug-likeness (QED) is 0.892. The molecule has 0 radical (unpaired) electrons. The summed E-state index contributed by atoms with van der Waals surface area (Å²) in [5.74, 6) is 1.30. The first-order valence-electron chi connectivity index (χ1n) is 6.02. The predicted octanol–water partition coefficient (Wildman–Crippen LogP) is 2.32. The molecule has 1 unspecified atom stereocenters. The number of rotatable bonds is 2. The number of nitrogens with two attached hydrogens (primary N) is 1. The number of hydrogen-bond acceptors (Lipinski definition) is 4. The van der Waals surface area contributed by atoms with E-state index in [2.05, 4.69) is 20.1 Å². The third-order valence-corrected chi connectivity index (χ3v) is 3.72. The highest BCUT2D eigenvalue weighted by Gasteiger charge is 2.22. The van der Waals surface area contributed by atoms with Gasteiger partial charge in [-0.15, -0.1) is 5.10 Å². The van der Waals surface area contributed by atoms with Gasteiger partial charge >= 0.3 is 0 Å². The van der Waals surface area contributed by atoms with Crippen LogP contribution in [0.1, 0.15) is 6.42 Å². The molecule has 2 aromatic rings. The number of H-pyrrole nitrogens is 1. The van der Waals surface area contributed by atoms with Gasteiger partial charge in [0, 0.05) is 29.7 Å². The van der Waals surface area contributed by atoms with Crippen molar-refractivity contribution in [2.24, 2.45) is 5.73 Å². The van der Waals surface area contributed by atoms with Crippen molar-refractivity contribution in [3.8, 4) is 11.4 Å². The molecule has 0 spiro atoms. The van der Waals surface area contributed by atoms with E-state index >= 15 is 0 Å². The first-order chi connectivity index (χ1) is 9.13. The van der Waals surface area contributed by atoms with E-state index in [0.717, 1.165) is 25.1 Å². The smallest absolute Gasteiger partial charge is 0.245 e. The van der Waals surface area contributed by atoms with Crippen molar-refractivity contribution in [1.82, 2.24) is 15.2 Å². The highest BCUT2D eigenvalue weighted by molar-refractivity contribution is 6.36. The van der Waals surface area contributed by atoms with Gasteiger partial charge in [0.1, 0.15) is 0 Å². The second kappa shape index (κ2) is 5.00. The standard InChI is InChI=1S/C12H13Cl2N5/c13-7-1-2-9(10(14)5-7)11-16-12(18-17-11)19-4-3-8(15)6-19/h1-2,5,8H,3-4,6,15H2,(H,16,17,18). The number of aromatic amines is 1. The Morgan fingerprint density at radius 3 is 2.89 bits per heavy atom. The minimum atomic E-state index is 0.195. The zero-order valence-electron chi connectivity index (χ0n) is 10.1. The Morgan fingerprint density at radius 2 is 2.21 bits per heavy atom. The van der Waals surface area contributed by atoms with Crippen molar-refractivity contribution in [2.75, 3.05) is 18.0 Å². The Kier molecular flexibility index (Phi) is 3.35. The molecule has 100 valence electrons. The van der Waals surface area contributed by atoms with Gasteiger partial charge in [0.05, 0.1) is 5.02 Å². The molecule has 2 heterocycles. The summed E-state index contributed by atoms with van der Waals surface area (Å²) in [7, 11) is 0. The molecule has 1 fully saturated rings. The van der Waals surface area contributed by atoms with Gasteiger partial charge < -0.3 is 10.6 Å². The Bertz CT molecular complexity index is 598. The van der Waals surface area contributed by atoms with Crippen molar-refractivity contribution in [1.29, 1.82) is 0 Å². The lowest BCUT2D eigenvalue weighted by Gasteiger charge is -2.11. The average Bonchev–Trinajstić information content (AvgIpc) is 2.97. The number of anilines is 1. The third kappa shape index (κ3) is 2.54. The normalized spacial score (nSPS) is 19.1. The predicted molar refractivity (Wildman–Crippen MR) is 76.6 cm³/mol. The van der Waals surface area contributed by atoms with E-state index in [1.807, 2.05) is 6.07 Å². The zero-order valence-corrected chi connectivity index (χ0v) is 11.6. The maximum absolute atomic E-state index is 6.15. The van der Waals surface area contributed by atoms with Crippen LogP contribution in [0.5, 0.6) is 0 Å². The molecule has 1 aliphatic heterocycles. The van der Waals surface area contributed by atoms with Crippen LogP contribution < -0.4 is 10.6 Å². The fourth-order valence-electron chi connectivity index (χ4n) is 2.17. The molecule has 1 aromatic heterocycles. The molecular weight excluding hydrogens is 285 g/mol. The van der Waals surface area contributed by atoms with Crippen LogP contribution in [0.4, 0.5) is 5.95 Å². The first-order valence-corrected chi connectivity index (χ1v) is 6.77. The van der Waals surface area contributed by atoms with E-state index in [1.165, 1.54) is 0 Å². The summed E-state index contributed by atoms with van der Waals surface area (Å²) >= 11 is 12.0. The Balaban J connectivity index is 1.88. The van der Waals surface area contributed by atoms with Gasteiger partial charge in [0.2, 0.25) is 5.95 Å². The fourth-order valence-corrected chi connectivity index (χ4v) is 2.66. The third-order valence-electron chi connectivity index (χ3n) is 3.17. The van der Waals surface area contributed by atoms with Gasteiger partial charge in [-0.25, -0.2) is 0 Å². The lowest BCUT2D eigenvalue weighted by Crippen LogP contribution is -2.26. The SMILES string of the molecule is NC1CCN(c2n[nH]c(-c3ccc(Cl)cc3Cl)n2)C1. The largest absolute Gasteiger partial charge is 0.338 e. The Labute approximate surface area is 120 Å². The minimum absolute atomic E-state index is 0.195. The number of hydrogen-bond donors (Lipinski definition) is 2. The van der Waals surface area contributed by atoms with E-state index in [9.17, 15) is 0 Å². The molecule has 1 saturated heterocycles. The number of halogens is 2. The number of aromatic nitrogens is 3. The molecular formula is C12H13Cl2N5.